The molecule has 0 atom stereocenters. The third-order valence-electron chi connectivity index (χ3n) is 3.00. The fourth-order valence-corrected chi connectivity index (χ4v) is 3.96. The van der Waals surface area contributed by atoms with Gasteiger partial charge in [-0.1, -0.05) is 0 Å². The van der Waals surface area contributed by atoms with Crippen LogP contribution in [0.1, 0.15) is 49.6 Å². The summed E-state index contributed by atoms with van der Waals surface area (Å²) in [6.45, 7) is 6.18. The zero-order valence-corrected chi connectivity index (χ0v) is 13.2. The second kappa shape index (κ2) is 5.48. The molecule has 0 saturated carbocycles. The van der Waals surface area contributed by atoms with Crippen LogP contribution < -0.4 is 10.6 Å². The molecule has 5 heteroatoms. The van der Waals surface area contributed by atoms with E-state index in [2.05, 4.69) is 37.5 Å². The summed E-state index contributed by atoms with van der Waals surface area (Å²) >= 11 is 6.99. The quantitative estimate of drug-likeness (QED) is 0.777. The lowest BCUT2D eigenvalue weighted by Crippen LogP contribution is -2.42. The molecule has 1 aromatic heterocycles. The molecule has 2 rings (SSSR count). The minimum atomic E-state index is -0.0756. The number of nitrogens with one attached hydrogen (secondary N) is 2. The monoisotopic (exact) mass is 293 g/mol. The van der Waals surface area contributed by atoms with Crippen molar-refractivity contribution in [3.05, 3.63) is 16.0 Å². The zero-order valence-electron chi connectivity index (χ0n) is 11.6. The Hall–Kier alpha value is -1.12. The van der Waals surface area contributed by atoms with Gasteiger partial charge < -0.3 is 10.6 Å². The topological polar surface area (TPSA) is 47.8 Å². The van der Waals surface area contributed by atoms with Crippen molar-refractivity contribution in [1.29, 1.82) is 5.26 Å². The van der Waals surface area contributed by atoms with Crippen LogP contribution in [0.2, 0.25) is 0 Å². The van der Waals surface area contributed by atoms with Crippen LogP contribution in [0.3, 0.4) is 0 Å². The third-order valence-corrected chi connectivity index (χ3v) is 4.41. The van der Waals surface area contributed by atoms with Gasteiger partial charge >= 0.3 is 0 Å². The van der Waals surface area contributed by atoms with Crippen molar-refractivity contribution in [3.8, 4) is 6.07 Å². The molecular weight excluding hydrogens is 274 g/mol. The summed E-state index contributed by atoms with van der Waals surface area (Å²) in [5.74, 6) is 0. The zero-order chi connectivity index (χ0) is 14.0. The SMILES string of the molecule is CC(C)(C)NC(=S)Nc1sc2c(c1C#N)CCCC2. The molecular formula is C14H19N3S2. The molecule has 0 fully saturated rings. The van der Waals surface area contributed by atoms with E-state index in [1.807, 2.05) is 0 Å². The summed E-state index contributed by atoms with van der Waals surface area (Å²) < 4.78 is 0. The summed E-state index contributed by atoms with van der Waals surface area (Å²) in [5.41, 5.74) is 1.95. The van der Waals surface area contributed by atoms with Gasteiger partial charge in [0.25, 0.3) is 0 Å². The number of nitriles is 1. The largest absolute Gasteiger partial charge is 0.358 e. The number of nitrogens with zero attached hydrogens (tertiary/aromatic N) is 1. The molecule has 1 aliphatic carbocycles. The van der Waals surface area contributed by atoms with Gasteiger partial charge in [0.15, 0.2) is 5.11 Å². The van der Waals surface area contributed by atoms with E-state index in [9.17, 15) is 5.26 Å². The Kier molecular flexibility index (Phi) is 4.12. The molecule has 0 bridgehead atoms. The molecule has 3 nitrogen and oxygen atoms in total. The highest BCUT2D eigenvalue weighted by molar-refractivity contribution is 7.80. The number of thiocarbonyl (C=S) groups is 1. The van der Waals surface area contributed by atoms with Crippen molar-refractivity contribution in [1.82, 2.24) is 5.32 Å². The van der Waals surface area contributed by atoms with Crippen LogP contribution in [0.4, 0.5) is 5.00 Å². The average molecular weight is 293 g/mol. The van der Waals surface area contributed by atoms with Gasteiger partial charge in [0.2, 0.25) is 0 Å². The van der Waals surface area contributed by atoms with Crippen molar-refractivity contribution in [2.24, 2.45) is 0 Å². The van der Waals surface area contributed by atoms with Crippen molar-refractivity contribution >= 4 is 33.7 Å². The fourth-order valence-electron chi connectivity index (χ4n) is 2.25. The lowest BCUT2D eigenvalue weighted by atomic mass is 9.96. The first kappa shape index (κ1) is 14.3. The number of thiophene rings is 1. The molecule has 0 saturated heterocycles. The van der Waals surface area contributed by atoms with E-state index in [0.717, 1.165) is 23.4 Å². The Morgan fingerprint density at radius 2 is 2.00 bits per heavy atom. The number of aryl methyl sites for hydroxylation is 1. The summed E-state index contributed by atoms with van der Waals surface area (Å²) in [6.07, 6.45) is 4.52. The highest BCUT2D eigenvalue weighted by atomic mass is 32.1. The summed E-state index contributed by atoms with van der Waals surface area (Å²) in [5, 5.41) is 17.3. The number of hydrogen-bond donors (Lipinski definition) is 2. The molecule has 0 aromatic carbocycles. The minimum Gasteiger partial charge on any atom is -0.358 e. The average Bonchev–Trinajstić information content (AvgIpc) is 2.63. The van der Waals surface area contributed by atoms with E-state index in [-0.39, 0.29) is 5.54 Å². The lowest BCUT2D eigenvalue weighted by molar-refractivity contribution is 0.515. The second-order valence-electron chi connectivity index (χ2n) is 5.86. The second-order valence-corrected chi connectivity index (χ2v) is 7.37. The normalized spacial score (nSPS) is 14.4. The standard InChI is InChI=1S/C14H19N3S2/c1-14(2,3)17-13(18)16-12-10(8-15)9-6-4-5-7-11(9)19-12/h4-7H2,1-3H3,(H2,16,17,18). The van der Waals surface area contributed by atoms with Crippen molar-refractivity contribution in [3.63, 3.8) is 0 Å². The van der Waals surface area contributed by atoms with Crippen LogP contribution >= 0.6 is 23.6 Å². The molecule has 0 amide bonds. The number of anilines is 1. The molecule has 1 aromatic rings. The summed E-state index contributed by atoms with van der Waals surface area (Å²) in [6, 6.07) is 2.33. The van der Waals surface area contributed by atoms with Crippen LogP contribution in [0.25, 0.3) is 0 Å². The molecule has 19 heavy (non-hydrogen) atoms. The van der Waals surface area contributed by atoms with Crippen LogP contribution in [0.5, 0.6) is 0 Å². The number of fused-ring (bicyclic) bond motifs is 1. The smallest absolute Gasteiger partial charge is 0.171 e. The third kappa shape index (κ3) is 3.46. The van der Waals surface area contributed by atoms with Crippen LogP contribution in [-0.2, 0) is 12.8 Å². The predicted octanol–water partition coefficient (Wildman–Crippen LogP) is 3.58. The molecule has 1 heterocycles. The van der Waals surface area contributed by atoms with E-state index in [1.54, 1.807) is 11.3 Å². The van der Waals surface area contributed by atoms with Gasteiger partial charge in [0.1, 0.15) is 11.1 Å². The molecule has 0 aliphatic heterocycles. The summed E-state index contributed by atoms with van der Waals surface area (Å²) in [7, 11) is 0. The van der Waals surface area contributed by atoms with Gasteiger partial charge in [-0.3, -0.25) is 0 Å². The first-order chi connectivity index (χ1) is 8.90. The first-order valence-electron chi connectivity index (χ1n) is 6.54. The predicted molar refractivity (Wildman–Crippen MR) is 84.8 cm³/mol. The Bertz CT molecular complexity index is 532. The Balaban J connectivity index is 2.19. The van der Waals surface area contributed by atoms with E-state index in [0.29, 0.717) is 5.11 Å². The lowest BCUT2D eigenvalue weighted by Gasteiger charge is -2.22. The molecule has 2 N–H and O–H groups in total. The molecule has 102 valence electrons. The Labute approximate surface area is 124 Å². The van der Waals surface area contributed by atoms with Crippen LogP contribution in [0, 0.1) is 11.3 Å². The first-order valence-corrected chi connectivity index (χ1v) is 7.77. The van der Waals surface area contributed by atoms with Gasteiger partial charge in [-0.15, -0.1) is 11.3 Å². The maximum absolute atomic E-state index is 9.36. The van der Waals surface area contributed by atoms with Crippen molar-refractivity contribution < 1.29 is 0 Å². The fraction of sp³-hybridized carbons (Fsp3) is 0.571. The highest BCUT2D eigenvalue weighted by Crippen LogP contribution is 2.37. The Morgan fingerprint density at radius 1 is 1.32 bits per heavy atom. The molecule has 0 radical (unpaired) electrons. The van der Waals surface area contributed by atoms with Gasteiger partial charge in [0.05, 0.1) is 5.56 Å². The Morgan fingerprint density at radius 3 is 2.63 bits per heavy atom. The number of hydrogen-bond acceptors (Lipinski definition) is 3. The van der Waals surface area contributed by atoms with E-state index < -0.39 is 0 Å². The van der Waals surface area contributed by atoms with Gasteiger partial charge in [-0.2, -0.15) is 5.26 Å². The molecule has 0 spiro atoms. The maximum Gasteiger partial charge on any atom is 0.171 e. The van der Waals surface area contributed by atoms with Crippen LogP contribution in [0.15, 0.2) is 0 Å². The van der Waals surface area contributed by atoms with Gasteiger partial charge in [-0.05, 0) is 64.2 Å². The number of rotatable bonds is 1. The summed E-state index contributed by atoms with van der Waals surface area (Å²) in [4.78, 5) is 1.35. The minimum absolute atomic E-state index is 0.0756. The van der Waals surface area contributed by atoms with Crippen molar-refractivity contribution in [2.75, 3.05) is 5.32 Å². The maximum atomic E-state index is 9.36. The van der Waals surface area contributed by atoms with Gasteiger partial charge in [-0.25, -0.2) is 0 Å². The van der Waals surface area contributed by atoms with Gasteiger partial charge in [0, 0.05) is 10.4 Å². The van der Waals surface area contributed by atoms with Crippen LogP contribution in [-0.4, -0.2) is 10.7 Å². The highest BCUT2D eigenvalue weighted by Gasteiger charge is 2.21. The van der Waals surface area contributed by atoms with Crippen molar-refractivity contribution in [2.45, 2.75) is 52.0 Å². The van der Waals surface area contributed by atoms with E-state index >= 15 is 0 Å². The molecule has 1 aliphatic rings. The molecule has 0 unspecified atom stereocenters. The van der Waals surface area contributed by atoms with E-state index in [1.165, 1.54) is 23.3 Å². The van der Waals surface area contributed by atoms with E-state index in [4.69, 9.17) is 12.2 Å².